The molecule has 1 aromatic carbocycles. The minimum atomic E-state index is -0.214. The van der Waals surface area contributed by atoms with Gasteiger partial charge in [-0.15, -0.1) is 0 Å². The summed E-state index contributed by atoms with van der Waals surface area (Å²) in [6, 6.07) is 8.45. The van der Waals surface area contributed by atoms with Gasteiger partial charge in [-0.3, -0.25) is 9.69 Å². The van der Waals surface area contributed by atoms with Crippen molar-refractivity contribution in [2.45, 2.75) is 76.7 Å². The van der Waals surface area contributed by atoms with Crippen molar-refractivity contribution in [3.05, 3.63) is 53.9 Å². The van der Waals surface area contributed by atoms with E-state index >= 15 is 0 Å². The Hall–Kier alpha value is -2.97. The van der Waals surface area contributed by atoms with Gasteiger partial charge >= 0.3 is 0 Å². The van der Waals surface area contributed by atoms with Gasteiger partial charge in [0, 0.05) is 32.0 Å². The molecule has 0 radical (unpaired) electrons. The predicted octanol–water partition coefficient (Wildman–Crippen LogP) is 4.19. The molecule has 3 fully saturated rings. The summed E-state index contributed by atoms with van der Waals surface area (Å²) in [5, 5.41) is 0. The van der Waals surface area contributed by atoms with Gasteiger partial charge in [0.05, 0.1) is 12.6 Å². The summed E-state index contributed by atoms with van der Waals surface area (Å²) in [6.45, 7) is 5.74. The number of carbonyl (C=O) groups is 1. The average molecular weight is 532 g/mol. The molecule has 0 spiro atoms. The lowest BCUT2D eigenvalue weighted by atomic mass is 9.84. The number of anilines is 1. The van der Waals surface area contributed by atoms with E-state index in [0.717, 1.165) is 89.3 Å². The summed E-state index contributed by atoms with van der Waals surface area (Å²) < 4.78 is 12.2. The van der Waals surface area contributed by atoms with E-state index in [4.69, 9.17) is 15.2 Å². The zero-order valence-corrected chi connectivity index (χ0v) is 23.0. The number of ether oxygens (including phenoxy) is 2. The maximum Gasteiger partial charge on any atom is 0.234 e. The Morgan fingerprint density at radius 3 is 2.51 bits per heavy atom. The van der Waals surface area contributed by atoms with Crippen LogP contribution in [0.25, 0.3) is 5.57 Å². The molecule has 1 aromatic heterocycles. The topological polar surface area (TPSA) is 97.1 Å². The number of allylic oxidation sites excluding steroid dienone is 2. The molecule has 8 nitrogen and oxygen atoms in total. The molecule has 39 heavy (non-hydrogen) atoms. The van der Waals surface area contributed by atoms with Crippen LogP contribution in [0.4, 0.5) is 5.95 Å². The number of epoxide rings is 1. The molecule has 4 aliphatic rings. The van der Waals surface area contributed by atoms with Crippen LogP contribution in [0.1, 0.15) is 63.0 Å². The molecule has 1 amide bonds. The molecule has 2 aromatic rings. The van der Waals surface area contributed by atoms with Gasteiger partial charge in [-0.05, 0) is 92.0 Å². The van der Waals surface area contributed by atoms with Gasteiger partial charge in [-0.25, -0.2) is 9.97 Å². The number of amides is 1. The van der Waals surface area contributed by atoms with Gasteiger partial charge in [-0.1, -0.05) is 25.1 Å². The maximum atomic E-state index is 11.8. The van der Waals surface area contributed by atoms with Gasteiger partial charge < -0.3 is 20.1 Å². The summed E-state index contributed by atoms with van der Waals surface area (Å²) in [5.41, 5.74) is 9.47. The first kappa shape index (κ1) is 26.3. The molecular weight excluding hydrogens is 490 g/mol. The third-order valence-corrected chi connectivity index (χ3v) is 9.07. The number of aryl methyl sites for hydroxylation is 1. The first-order valence-electron chi connectivity index (χ1n) is 14.8. The van der Waals surface area contributed by atoms with Crippen molar-refractivity contribution in [3.8, 4) is 5.75 Å². The quantitative estimate of drug-likeness (QED) is 0.485. The highest BCUT2D eigenvalue weighted by molar-refractivity contribution is 5.80. The van der Waals surface area contributed by atoms with Crippen LogP contribution >= 0.6 is 0 Å². The molecule has 3 aliphatic heterocycles. The van der Waals surface area contributed by atoms with E-state index in [1.165, 1.54) is 16.7 Å². The molecule has 4 atom stereocenters. The Morgan fingerprint density at radius 2 is 1.85 bits per heavy atom. The highest BCUT2D eigenvalue weighted by Gasteiger charge is 2.52. The predicted molar refractivity (Wildman–Crippen MR) is 151 cm³/mol. The minimum absolute atomic E-state index is 0.0781. The lowest BCUT2D eigenvalue weighted by Crippen LogP contribution is -2.43. The van der Waals surface area contributed by atoms with Crippen LogP contribution in [0.2, 0.25) is 0 Å². The van der Waals surface area contributed by atoms with Gasteiger partial charge in [-0.2, -0.15) is 0 Å². The number of carbonyl (C=O) groups excluding carboxylic acids is 1. The largest absolute Gasteiger partial charge is 0.493 e. The molecule has 3 saturated heterocycles. The minimum Gasteiger partial charge on any atom is -0.493 e. The fourth-order valence-electron chi connectivity index (χ4n) is 6.51. The molecule has 4 heterocycles. The maximum absolute atomic E-state index is 11.8. The second kappa shape index (κ2) is 11.6. The Morgan fingerprint density at radius 1 is 1.08 bits per heavy atom. The molecule has 4 unspecified atom stereocenters. The molecule has 208 valence electrons. The van der Waals surface area contributed by atoms with E-state index in [2.05, 4.69) is 57.0 Å². The number of nitrogens with zero attached hydrogens (tertiary/aromatic N) is 4. The van der Waals surface area contributed by atoms with Crippen molar-refractivity contribution in [2.24, 2.45) is 17.6 Å². The van der Waals surface area contributed by atoms with Crippen molar-refractivity contribution in [1.82, 2.24) is 14.9 Å². The van der Waals surface area contributed by atoms with Crippen LogP contribution in [0.15, 0.2) is 42.7 Å². The molecule has 6 rings (SSSR count). The Balaban J connectivity index is 0.942. The Labute approximate surface area is 231 Å². The normalized spacial score (nSPS) is 27.8. The van der Waals surface area contributed by atoms with Gasteiger partial charge in [0.25, 0.3) is 0 Å². The summed E-state index contributed by atoms with van der Waals surface area (Å²) in [5.74, 6) is 2.65. The van der Waals surface area contributed by atoms with Crippen LogP contribution in [-0.4, -0.2) is 65.4 Å². The summed E-state index contributed by atoms with van der Waals surface area (Å²) in [7, 11) is 0. The van der Waals surface area contributed by atoms with Crippen LogP contribution in [0.5, 0.6) is 5.75 Å². The van der Waals surface area contributed by atoms with Gasteiger partial charge in [0.1, 0.15) is 18.1 Å². The molecule has 0 bridgehead atoms. The van der Waals surface area contributed by atoms with Crippen molar-refractivity contribution < 1.29 is 14.3 Å². The number of hydrogen-bond acceptors (Lipinski definition) is 7. The van der Waals surface area contributed by atoms with Gasteiger partial charge in [0.15, 0.2) is 0 Å². The number of hydrogen-bond donors (Lipinski definition) is 1. The summed E-state index contributed by atoms with van der Waals surface area (Å²) in [6.07, 6.45) is 14.8. The Kier molecular flexibility index (Phi) is 7.84. The van der Waals surface area contributed by atoms with E-state index in [-0.39, 0.29) is 24.3 Å². The number of likely N-dealkylation sites (tertiary alicyclic amines) is 1. The van der Waals surface area contributed by atoms with Crippen molar-refractivity contribution in [3.63, 3.8) is 0 Å². The Bertz CT molecular complexity index is 1160. The van der Waals surface area contributed by atoms with E-state index in [1.807, 2.05) is 12.4 Å². The highest BCUT2D eigenvalue weighted by Crippen LogP contribution is 2.43. The van der Waals surface area contributed by atoms with Gasteiger partial charge in [0.2, 0.25) is 11.9 Å². The average Bonchev–Trinajstić information content (AvgIpc) is 3.63. The second-order valence-corrected chi connectivity index (χ2v) is 11.6. The monoisotopic (exact) mass is 531 g/mol. The lowest BCUT2D eigenvalue weighted by molar-refractivity contribution is -0.122. The fraction of sp³-hybridized carbons (Fsp3) is 0.581. The number of rotatable bonds is 9. The third-order valence-electron chi connectivity index (χ3n) is 9.07. The number of nitrogens with two attached hydrogens (primary N) is 1. The zero-order chi connectivity index (χ0) is 26.8. The van der Waals surface area contributed by atoms with Crippen molar-refractivity contribution >= 4 is 17.4 Å². The number of piperidine rings is 1. The smallest absolute Gasteiger partial charge is 0.234 e. The molecule has 2 N–H and O–H groups in total. The molecule has 1 aliphatic carbocycles. The third kappa shape index (κ3) is 5.97. The second-order valence-electron chi connectivity index (χ2n) is 11.6. The molecule has 0 saturated carbocycles. The lowest BCUT2D eigenvalue weighted by Gasteiger charge is -2.31. The van der Waals surface area contributed by atoms with Crippen LogP contribution in [-0.2, 0) is 16.0 Å². The first-order valence-corrected chi connectivity index (χ1v) is 14.8. The van der Waals surface area contributed by atoms with Crippen LogP contribution in [0.3, 0.4) is 0 Å². The van der Waals surface area contributed by atoms with E-state index < -0.39 is 0 Å². The highest BCUT2D eigenvalue weighted by atomic mass is 16.6. The van der Waals surface area contributed by atoms with Crippen molar-refractivity contribution in [1.29, 1.82) is 0 Å². The fourth-order valence-corrected chi connectivity index (χ4v) is 6.51. The van der Waals surface area contributed by atoms with Crippen LogP contribution < -0.4 is 15.4 Å². The number of aromatic nitrogens is 2. The van der Waals surface area contributed by atoms with E-state index in [1.54, 1.807) is 0 Å². The number of benzene rings is 1. The summed E-state index contributed by atoms with van der Waals surface area (Å²) in [4.78, 5) is 25.3. The molecular formula is C31H41N5O3. The van der Waals surface area contributed by atoms with Crippen LogP contribution in [0, 0.1) is 11.8 Å². The first-order chi connectivity index (χ1) is 19.1. The zero-order valence-electron chi connectivity index (χ0n) is 23.0. The van der Waals surface area contributed by atoms with E-state index in [0.29, 0.717) is 11.8 Å². The van der Waals surface area contributed by atoms with E-state index in [9.17, 15) is 4.79 Å². The summed E-state index contributed by atoms with van der Waals surface area (Å²) >= 11 is 0. The number of primary amides is 1. The standard InChI is InChI=1S/C31H41N5O3/c1-2-21-18-33-31(34-19-21)35-16-13-22(14-17-35)20-38-26-11-9-24(10-12-26)23-5-7-25(8-6-23)28-30(39-28)36-15-3-4-27(36)29(32)37/h5,9-12,18-19,22,25,27-28,30H,2-4,6-8,13-17,20H2,1H3,(H2,32,37). The van der Waals surface area contributed by atoms with Crippen molar-refractivity contribution in [2.75, 3.05) is 31.1 Å². The molecule has 8 heteroatoms. The SMILES string of the molecule is CCc1cnc(N2CCC(COc3ccc(C4=CCC(C5OC5N5CCCC5C(N)=O)CC4)cc3)CC2)nc1.